The van der Waals surface area contributed by atoms with E-state index in [4.69, 9.17) is 11.5 Å². The molecule has 0 saturated carbocycles. The second kappa shape index (κ2) is 6.48. The van der Waals surface area contributed by atoms with Gasteiger partial charge in [0.25, 0.3) is 5.91 Å². The molecule has 1 heterocycles. The first-order valence-corrected chi connectivity index (χ1v) is 6.82. The number of nitrogens with zero attached hydrogens (tertiary/aromatic N) is 2. The maximum Gasteiger partial charge on any atom is 0.271 e. The largest absolute Gasteiger partial charge is 0.364 e. The summed E-state index contributed by atoms with van der Waals surface area (Å²) >= 11 is 0. The lowest BCUT2D eigenvalue weighted by atomic mass is 10.1. The fourth-order valence-corrected chi connectivity index (χ4v) is 2.03. The van der Waals surface area contributed by atoms with Crippen LogP contribution in [0, 0.1) is 19.7 Å². The molecule has 0 aliphatic carbocycles. The van der Waals surface area contributed by atoms with Crippen molar-refractivity contribution in [2.24, 2.45) is 11.5 Å². The zero-order valence-electron chi connectivity index (χ0n) is 12.5. The lowest BCUT2D eigenvalue weighted by molar-refractivity contribution is 0.0996. The summed E-state index contributed by atoms with van der Waals surface area (Å²) in [5.74, 6) is -0.887. The fraction of sp³-hybridized carbons (Fsp3) is 0.267. The summed E-state index contributed by atoms with van der Waals surface area (Å²) < 4.78 is 13.6. The number of primary amides is 1. The second-order valence-electron chi connectivity index (χ2n) is 4.97. The van der Waals surface area contributed by atoms with E-state index in [0.717, 1.165) is 5.56 Å². The van der Waals surface area contributed by atoms with Crippen LogP contribution in [0.15, 0.2) is 18.2 Å². The Bertz CT molecular complexity index is 717. The minimum atomic E-state index is -0.698. The molecule has 0 atom stereocenters. The molecule has 1 aromatic heterocycles. The highest BCUT2D eigenvalue weighted by molar-refractivity contribution is 5.96. The van der Waals surface area contributed by atoms with Crippen molar-refractivity contribution in [3.8, 4) is 0 Å². The van der Waals surface area contributed by atoms with Gasteiger partial charge < -0.3 is 16.8 Å². The molecule has 0 unspecified atom stereocenters. The molecule has 0 saturated heterocycles. The van der Waals surface area contributed by atoms with Gasteiger partial charge >= 0.3 is 0 Å². The number of benzene rings is 1. The summed E-state index contributed by atoms with van der Waals surface area (Å²) in [4.78, 5) is 19.9. The van der Waals surface area contributed by atoms with Crippen LogP contribution in [0.2, 0.25) is 0 Å². The molecule has 1 amide bonds. The van der Waals surface area contributed by atoms with Gasteiger partial charge in [-0.1, -0.05) is 0 Å². The van der Waals surface area contributed by atoms with Crippen LogP contribution in [0.1, 0.15) is 27.4 Å². The minimum Gasteiger partial charge on any atom is -0.364 e. The molecule has 0 radical (unpaired) electrons. The first kappa shape index (κ1) is 15.8. The van der Waals surface area contributed by atoms with Crippen LogP contribution < -0.4 is 16.8 Å². The number of anilines is 2. The van der Waals surface area contributed by atoms with Gasteiger partial charge in [-0.05, 0) is 50.6 Å². The molecule has 0 aliphatic rings. The van der Waals surface area contributed by atoms with Gasteiger partial charge in [0.15, 0.2) is 11.5 Å². The Morgan fingerprint density at radius 1 is 1.23 bits per heavy atom. The molecule has 7 heteroatoms. The molecule has 116 valence electrons. The van der Waals surface area contributed by atoms with Crippen LogP contribution in [-0.2, 0) is 6.42 Å². The van der Waals surface area contributed by atoms with Crippen LogP contribution >= 0.6 is 0 Å². The van der Waals surface area contributed by atoms with Gasteiger partial charge in [0, 0.05) is 5.69 Å². The normalized spacial score (nSPS) is 10.5. The molecule has 5 N–H and O–H groups in total. The topological polar surface area (TPSA) is 107 Å². The lowest BCUT2D eigenvalue weighted by Gasteiger charge is -2.12. The third kappa shape index (κ3) is 3.56. The van der Waals surface area contributed by atoms with Crippen LogP contribution in [0.25, 0.3) is 0 Å². The second-order valence-corrected chi connectivity index (χ2v) is 4.97. The van der Waals surface area contributed by atoms with Crippen molar-refractivity contribution in [2.45, 2.75) is 20.3 Å². The average molecular weight is 303 g/mol. The van der Waals surface area contributed by atoms with Gasteiger partial charge in [-0.15, -0.1) is 0 Å². The summed E-state index contributed by atoms with van der Waals surface area (Å²) in [6.45, 7) is 3.92. The van der Waals surface area contributed by atoms with E-state index in [1.54, 1.807) is 19.9 Å². The van der Waals surface area contributed by atoms with Gasteiger partial charge in [0.05, 0.1) is 11.4 Å². The number of halogens is 1. The summed E-state index contributed by atoms with van der Waals surface area (Å²) in [5, 5.41) is 2.91. The van der Waals surface area contributed by atoms with Gasteiger partial charge in [0.2, 0.25) is 0 Å². The monoisotopic (exact) mass is 303 g/mol. The smallest absolute Gasteiger partial charge is 0.271 e. The molecule has 0 fully saturated rings. The fourth-order valence-electron chi connectivity index (χ4n) is 2.03. The summed E-state index contributed by atoms with van der Waals surface area (Å²) in [6, 6.07) is 4.47. The average Bonchev–Trinajstić information content (AvgIpc) is 2.42. The van der Waals surface area contributed by atoms with Gasteiger partial charge in [-0.2, -0.15) is 0 Å². The molecule has 0 spiro atoms. The molecule has 2 aromatic rings. The zero-order valence-corrected chi connectivity index (χ0v) is 12.5. The Kier molecular flexibility index (Phi) is 4.67. The number of nitrogens with two attached hydrogens (primary N) is 2. The molecule has 6 nitrogen and oxygen atoms in total. The van der Waals surface area contributed by atoms with Crippen molar-refractivity contribution in [2.75, 3.05) is 11.9 Å². The summed E-state index contributed by atoms with van der Waals surface area (Å²) in [6.07, 6.45) is 0.549. The number of rotatable bonds is 5. The third-order valence-electron chi connectivity index (χ3n) is 3.19. The summed E-state index contributed by atoms with van der Waals surface area (Å²) in [7, 11) is 0. The molecule has 2 rings (SSSR count). The van der Waals surface area contributed by atoms with Crippen LogP contribution in [0.4, 0.5) is 15.9 Å². The maximum absolute atomic E-state index is 13.6. The molecular weight excluding hydrogens is 285 g/mol. The number of nitrogens with one attached hydrogen (secondary N) is 1. The number of hydrogen-bond acceptors (Lipinski definition) is 5. The predicted octanol–water partition coefficient (Wildman–Crippen LogP) is 1.58. The van der Waals surface area contributed by atoms with E-state index in [1.807, 2.05) is 0 Å². The van der Waals surface area contributed by atoms with Crippen molar-refractivity contribution < 1.29 is 9.18 Å². The zero-order chi connectivity index (χ0) is 16.3. The Morgan fingerprint density at radius 3 is 2.55 bits per heavy atom. The first-order chi connectivity index (χ1) is 10.4. The van der Waals surface area contributed by atoms with Gasteiger partial charge in [-0.3, -0.25) is 4.79 Å². The molecule has 22 heavy (non-hydrogen) atoms. The van der Waals surface area contributed by atoms with E-state index in [2.05, 4.69) is 15.3 Å². The minimum absolute atomic E-state index is 0.0211. The highest BCUT2D eigenvalue weighted by Crippen LogP contribution is 2.21. The van der Waals surface area contributed by atoms with E-state index in [9.17, 15) is 9.18 Å². The number of aromatic nitrogens is 2. The van der Waals surface area contributed by atoms with Crippen molar-refractivity contribution in [3.05, 3.63) is 46.7 Å². The third-order valence-corrected chi connectivity index (χ3v) is 3.19. The van der Waals surface area contributed by atoms with Crippen LogP contribution in [0.3, 0.4) is 0 Å². The lowest BCUT2D eigenvalue weighted by Crippen LogP contribution is -2.18. The highest BCUT2D eigenvalue weighted by atomic mass is 19.1. The Morgan fingerprint density at radius 2 is 1.91 bits per heavy atom. The molecular formula is C15H18FN5O. The van der Waals surface area contributed by atoms with Crippen molar-refractivity contribution in [1.82, 2.24) is 9.97 Å². The Hall–Kier alpha value is -2.54. The van der Waals surface area contributed by atoms with E-state index < -0.39 is 11.7 Å². The van der Waals surface area contributed by atoms with Crippen LogP contribution in [-0.4, -0.2) is 22.4 Å². The number of aryl methyl sites for hydroxylation is 2. The van der Waals surface area contributed by atoms with Crippen molar-refractivity contribution in [1.29, 1.82) is 0 Å². The number of hydrogen-bond donors (Lipinski definition) is 3. The molecule has 1 aromatic carbocycles. The van der Waals surface area contributed by atoms with E-state index in [-0.39, 0.29) is 11.5 Å². The highest BCUT2D eigenvalue weighted by Gasteiger charge is 2.14. The summed E-state index contributed by atoms with van der Waals surface area (Å²) in [5.41, 5.74) is 13.3. The van der Waals surface area contributed by atoms with Crippen molar-refractivity contribution >= 4 is 17.4 Å². The molecule has 0 aliphatic heterocycles. The van der Waals surface area contributed by atoms with E-state index >= 15 is 0 Å². The predicted molar refractivity (Wildman–Crippen MR) is 82.5 cm³/mol. The first-order valence-electron chi connectivity index (χ1n) is 6.82. The Labute approximate surface area is 127 Å². The van der Waals surface area contributed by atoms with E-state index in [0.29, 0.717) is 30.0 Å². The standard InChI is InChI=1S/C15H18FN5O/c1-8-9(2)20-15(13(19-8)14(18)22)21-12-6-10(3-4-17)5-11(16)7-12/h5-7H,3-4,17H2,1-2H3,(H2,18,22)(H,20,21). The Balaban J connectivity index is 2.42. The quantitative estimate of drug-likeness (QED) is 0.777. The maximum atomic E-state index is 13.6. The molecule has 0 bridgehead atoms. The van der Waals surface area contributed by atoms with Crippen molar-refractivity contribution in [3.63, 3.8) is 0 Å². The van der Waals surface area contributed by atoms with Gasteiger partial charge in [-0.25, -0.2) is 14.4 Å². The number of carbonyl (C=O) groups excluding carboxylic acids is 1. The van der Waals surface area contributed by atoms with Crippen LogP contribution in [0.5, 0.6) is 0 Å². The number of carbonyl (C=O) groups is 1. The SMILES string of the molecule is Cc1nc(Nc2cc(F)cc(CCN)c2)c(C(N)=O)nc1C. The van der Waals surface area contributed by atoms with Gasteiger partial charge in [0.1, 0.15) is 5.82 Å². The number of amides is 1. The van der Waals surface area contributed by atoms with E-state index in [1.165, 1.54) is 12.1 Å².